The predicted octanol–water partition coefficient (Wildman–Crippen LogP) is 0.113. The maximum absolute atomic E-state index is 11.9. The zero-order valence-corrected chi connectivity index (χ0v) is 16.9. The highest BCUT2D eigenvalue weighted by atomic mass is 32.3. The van der Waals surface area contributed by atoms with Crippen molar-refractivity contribution in [3.8, 4) is 0 Å². The Balaban J connectivity index is 0.000000237. The normalized spacial score (nSPS) is 18.4. The first-order chi connectivity index (χ1) is 12.9. The van der Waals surface area contributed by atoms with Crippen LogP contribution in [0.3, 0.4) is 0 Å². The van der Waals surface area contributed by atoms with E-state index in [0.717, 1.165) is 0 Å². The summed E-state index contributed by atoms with van der Waals surface area (Å²) in [5.74, 6) is -0.0810. The Morgan fingerprint density at radius 1 is 1.32 bits per heavy atom. The van der Waals surface area contributed by atoms with Crippen molar-refractivity contribution in [3.63, 3.8) is 0 Å². The van der Waals surface area contributed by atoms with E-state index in [2.05, 4.69) is 14.5 Å². The van der Waals surface area contributed by atoms with Gasteiger partial charge < -0.3 is 9.74 Å². The van der Waals surface area contributed by atoms with E-state index in [1.807, 2.05) is 0 Å². The van der Waals surface area contributed by atoms with Crippen molar-refractivity contribution in [2.24, 2.45) is 12.2 Å². The topological polar surface area (TPSA) is 147 Å². The molecule has 3 rings (SSSR count). The highest BCUT2D eigenvalue weighted by molar-refractivity contribution is 7.81. The van der Waals surface area contributed by atoms with E-state index in [4.69, 9.17) is 9.39 Å². The second-order valence-corrected chi connectivity index (χ2v) is 7.44. The van der Waals surface area contributed by atoms with E-state index < -0.39 is 22.0 Å². The van der Waals surface area contributed by atoms with Crippen molar-refractivity contribution in [3.05, 3.63) is 11.9 Å². The molecule has 0 saturated heterocycles. The number of fused-ring (bicyclic) bond motifs is 1. The van der Waals surface area contributed by atoms with Crippen LogP contribution in [0, 0.1) is 0 Å². The molecule has 1 aromatic rings. The molecule has 1 aromatic heterocycles. The summed E-state index contributed by atoms with van der Waals surface area (Å²) < 4.78 is 36.0. The summed E-state index contributed by atoms with van der Waals surface area (Å²) >= 11 is 0. The highest BCUT2D eigenvalue weighted by Gasteiger charge is 2.36. The molecule has 2 aliphatic rings. The smallest absolute Gasteiger partial charge is 0.378 e. The van der Waals surface area contributed by atoms with Crippen LogP contribution in [0.4, 0.5) is 10.5 Å². The van der Waals surface area contributed by atoms with Gasteiger partial charge in [-0.1, -0.05) is 5.16 Å². The Labute approximate surface area is 162 Å². The number of hydrogen-bond donors (Lipinski definition) is 1. The monoisotopic (exact) mass is 418 g/mol. The number of rotatable bonds is 3. The molecule has 0 saturated carbocycles. The molecule has 3 heterocycles. The van der Waals surface area contributed by atoms with Gasteiger partial charge in [-0.3, -0.25) is 18.9 Å². The zero-order valence-electron chi connectivity index (χ0n) is 16.1. The van der Waals surface area contributed by atoms with Crippen molar-refractivity contribution in [1.29, 1.82) is 0 Å². The summed E-state index contributed by atoms with van der Waals surface area (Å²) in [6.07, 6.45) is 2.65. The molecular formula is C14H22N6O7S. The molecule has 0 aliphatic carbocycles. The maximum atomic E-state index is 11.9. The van der Waals surface area contributed by atoms with Gasteiger partial charge in [-0.25, -0.2) is 4.79 Å². The summed E-state index contributed by atoms with van der Waals surface area (Å²) in [6, 6.07) is -0.671. The summed E-state index contributed by atoms with van der Waals surface area (Å²) in [7, 11) is -1.47. The first-order valence-electron chi connectivity index (χ1n) is 8.13. The van der Waals surface area contributed by atoms with Gasteiger partial charge in [0.15, 0.2) is 0 Å². The first kappa shape index (κ1) is 21.6. The summed E-state index contributed by atoms with van der Waals surface area (Å²) in [5.41, 5.74) is 0.00803. The molecule has 0 fully saturated rings. The van der Waals surface area contributed by atoms with Gasteiger partial charge in [0.1, 0.15) is 12.0 Å². The largest absolute Gasteiger partial charge is 0.419 e. The number of urea groups is 1. The summed E-state index contributed by atoms with van der Waals surface area (Å²) in [5, 5.41) is 7.98. The van der Waals surface area contributed by atoms with Gasteiger partial charge in [0.25, 0.3) is 5.91 Å². The van der Waals surface area contributed by atoms with E-state index in [1.165, 1.54) is 27.0 Å². The Morgan fingerprint density at radius 2 is 1.96 bits per heavy atom. The lowest BCUT2D eigenvalue weighted by Gasteiger charge is -2.32. The fourth-order valence-electron chi connectivity index (χ4n) is 2.44. The number of aromatic nitrogens is 2. The Bertz CT molecular complexity index is 894. The number of aryl methyl sites for hydroxylation is 1. The van der Waals surface area contributed by atoms with E-state index in [0.29, 0.717) is 23.8 Å². The molecule has 0 spiro atoms. The molecule has 0 unspecified atom stereocenters. The summed E-state index contributed by atoms with van der Waals surface area (Å²) in [4.78, 5) is 30.7. The van der Waals surface area contributed by atoms with Gasteiger partial charge in [-0.2, -0.15) is 13.5 Å². The number of carbonyl (C=O) groups excluding carboxylic acids is 2. The molecular weight excluding hydrogens is 396 g/mol. The van der Waals surface area contributed by atoms with Crippen molar-refractivity contribution < 1.29 is 31.7 Å². The Kier molecular flexibility index (Phi) is 5.96. The molecule has 0 atom stereocenters. The number of nitrogens with zero attached hydrogens (tertiary/aromatic N) is 6. The standard InChI is InChI=1S/C8H12N4O5S.C6H10N2O2/c1-3-11-5-7-6(4-9-10(7)2)12(8(11)13)17-18(14,15)16;1-6(2)5(9)8(3)4-7-10-6/h4H,3,5H2,1-2H3,(H,14,15,16);4H,1-3H3. The van der Waals surface area contributed by atoms with Crippen molar-refractivity contribution >= 4 is 34.4 Å². The van der Waals surface area contributed by atoms with Gasteiger partial charge in [0.2, 0.25) is 5.60 Å². The molecule has 1 N–H and O–H groups in total. The minimum absolute atomic E-state index is 0.0810. The third-order valence-corrected chi connectivity index (χ3v) is 4.27. The van der Waals surface area contributed by atoms with Crippen molar-refractivity contribution in [2.75, 3.05) is 18.7 Å². The number of oxime groups is 1. The van der Waals surface area contributed by atoms with Crippen LogP contribution in [-0.2, 0) is 37.9 Å². The van der Waals surface area contributed by atoms with Crippen LogP contribution < -0.4 is 5.06 Å². The van der Waals surface area contributed by atoms with E-state index in [-0.39, 0.29) is 11.6 Å². The number of carbonyl (C=O) groups is 2. The third-order valence-electron chi connectivity index (χ3n) is 3.93. The average Bonchev–Trinajstić information content (AvgIpc) is 2.95. The van der Waals surface area contributed by atoms with Gasteiger partial charge in [-0.15, -0.1) is 9.35 Å². The minimum Gasteiger partial charge on any atom is -0.378 e. The van der Waals surface area contributed by atoms with Crippen LogP contribution in [0.1, 0.15) is 26.5 Å². The predicted molar refractivity (Wildman–Crippen MR) is 96.2 cm³/mol. The molecule has 0 radical (unpaired) electrons. The quantitative estimate of drug-likeness (QED) is 0.681. The van der Waals surface area contributed by atoms with Gasteiger partial charge in [-0.05, 0) is 20.8 Å². The Morgan fingerprint density at radius 3 is 2.46 bits per heavy atom. The van der Waals surface area contributed by atoms with Crippen LogP contribution in [0.25, 0.3) is 0 Å². The fraction of sp³-hybridized carbons (Fsp3) is 0.571. The first-order valence-corrected chi connectivity index (χ1v) is 9.49. The lowest BCUT2D eigenvalue weighted by Crippen LogP contribution is -2.47. The highest BCUT2D eigenvalue weighted by Crippen LogP contribution is 2.28. The number of hydrogen-bond acceptors (Lipinski definition) is 8. The zero-order chi connectivity index (χ0) is 21.3. The van der Waals surface area contributed by atoms with Crippen LogP contribution in [0.2, 0.25) is 0 Å². The fourth-order valence-corrected chi connectivity index (χ4v) is 2.77. The van der Waals surface area contributed by atoms with Crippen molar-refractivity contribution in [1.82, 2.24) is 19.6 Å². The minimum atomic E-state index is -4.78. The second kappa shape index (κ2) is 7.73. The maximum Gasteiger partial charge on any atom is 0.419 e. The molecule has 13 nitrogen and oxygen atoms in total. The second-order valence-electron chi connectivity index (χ2n) is 6.43. The number of anilines is 1. The molecule has 0 aromatic carbocycles. The van der Waals surface area contributed by atoms with Gasteiger partial charge in [0.05, 0.1) is 18.4 Å². The molecule has 0 bridgehead atoms. The third kappa shape index (κ3) is 4.58. The van der Waals surface area contributed by atoms with Crippen LogP contribution in [0.15, 0.2) is 11.4 Å². The van der Waals surface area contributed by atoms with E-state index in [9.17, 15) is 18.0 Å². The Hall–Kier alpha value is -2.71. The van der Waals surface area contributed by atoms with Crippen LogP contribution in [0.5, 0.6) is 0 Å². The van der Waals surface area contributed by atoms with Gasteiger partial charge >= 0.3 is 16.4 Å². The number of likely N-dealkylation sites (N-methyl/N-ethyl adjacent to an activating group) is 1. The van der Waals surface area contributed by atoms with E-state index >= 15 is 0 Å². The number of hydroxylamine groups is 1. The van der Waals surface area contributed by atoms with Crippen LogP contribution >= 0.6 is 0 Å². The molecule has 14 heteroatoms. The molecule has 3 amide bonds. The van der Waals surface area contributed by atoms with E-state index in [1.54, 1.807) is 34.9 Å². The average molecular weight is 418 g/mol. The molecule has 2 aliphatic heterocycles. The molecule has 28 heavy (non-hydrogen) atoms. The molecule has 156 valence electrons. The van der Waals surface area contributed by atoms with Crippen LogP contribution in [-0.4, -0.2) is 70.0 Å². The van der Waals surface area contributed by atoms with Crippen molar-refractivity contribution in [2.45, 2.75) is 32.9 Å². The summed E-state index contributed by atoms with van der Waals surface area (Å²) in [6.45, 7) is 5.77. The lowest BCUT2D eigenvalue weighted by molar-refractivity contribution is -0.152. The van der Waals surface area contributed by atoms with Gasteiger partial charge in [0, 0.05) is 20.6 Å². The SMILES string of the molecule is CCN1Cc2c(cnn2C)N(OS(=O)(=O)O)C1=O.CN1C=NOC(C)(C)C1=O. The lowest BCUT2D eigenvalue weighted by atomic mass is 10.1. The number of amides is 3.